The van der Waals surface area contributed by atoms with Crippen molar-refractivity contribution in [3.63, 3.8) is 0 Å². The Labute approximate surface area is 166 Å². The monoisotopic (exact) mass is 384 g/mol. The molecule has 2 aromatic rings. The fraction of sp³-hybridized carbons (Fsp3) is 0.409. The van der Waals surface area contributed by atoms with E-state index >= 15 is 0 Å². The molecule has 1 amide bonds. The molecule has 0 atom stereocenters. The number of carbonyl (C=O) groups excluding carboxylic acids is 1. The number of benzene rings is 2. The molecule has 0 radical (unpaired) electrons. The predicted octanol–water partition coefficient (Wildman–Crippen LogP) is 3.89. The van der Waals surface area contributed by atoms with Crippen LogP contribution in [0.15, 0.2) is 47.4 Å². The van der Waals surface area contributed by atoms with E-state index in [2.05, 4.69) is 61.2 Å². The van der Waals surface area contributed by atoms with Crippen molar-refractivity contribution in [2.24, 2.45) is 0 Å². The van der Waals surface area contributed by atoms with Gasteiger partial charge in [-0.1, -0.05) is 29.8 Å². The lowest BCUT2D eigenvalue weighted by molar-refractivity contribution is -0.127. The lowest BCUT2D eigenvalue weighted by atomic mass is 10.2. The number of hydrogen-bond donors (Lipinski definition) is 0. The highest BCUT2D eigenvalue weighted by Gasteiger charge is 2.13. The van der Waals surface area contributed by atoms with Crippen LogP contribution >= 0.6 is 11.8 Å². The van der Waals surface area contributed by atoms with Crippen molar-refractivity contribution in [2.75, 3.05) is 44.0 Å². The highest BCUT2D eigenvalue weighted by molar-refractivity contribution is 8.00. The Morgan fingerprint density at radius 2 is 1.81 bits per heavy atom. The van der Waals surface area contributed by atoms with Crippen LogP contribution in [0, 0.1) is 13.8 Å². The Bertz CT molecular complexity index is 770. The average molecular weight is 385 g/mol. The summed E-state index contributed by atoms with van der Waals surface area (Å²) in [5, 5.41) is 0. The molecule has 3 rings (SSSR count). The number of aryl methyl sites for hydroxylation is 2. The maximum atomic E-state index is 12.5. The van der Waals surface area contributed by atoms with Crippen LogP contribution in [0.3, 0.4) is 0 Å². The molecule has 1 aliphatic heterocycles. The fourth-order valence-electron chi connectivity index (χ4n) is 3.11. The number of amides is 1. The van der Waals surface area contributed by atoms with Crippen LogP contribution in [0.1, 0.15) is 16.7 Å². The zero-order valence-electron chi connectivity index (χ0n) is 16.4. The third kappa shape index (κ3) is 5.50. The van der Waals surface area contributed by atoms with Gasteiger partial charge in [0.25, 0.3) is 0 Å². The quantitative estimate of drug-likeness (QED) is 0.708. The minimum atomic E-state index is 0.151. The van der Waals surface area contributed by atoms with E-state index in [9.17, 15) is 4.79 Å². The molecular formula is C22H28N2O2S. The third-order valence-corrected chi connectivity index (χ3v) is 5.99. The van der Waals surface area contributed by atoms with Crippen LogP contribution in [0.2, 0.25) is 0 Å². The molecule has 0 aromatic heterocycles. The normalized spacial score (nSPS) is 14.3. The number of thioether (sulfide) groups is 1. The zero-order chi connectivity index (χ0) is 19.2. The lowest BCUT2D eigenvalue weighted by Crippen LogP contribution is -2.36. The second-order valence-corrected chi connectivity index (χ2v) is 8.09. The van der Waals surface area contributed by atoms with Crippen molar-refractivity contribution in [1.29, 1.82) is 0 Å². The number of anilines is 1. The first-order valence-corrected chi connectivity index (χ1v) is 10.4. The van der Waals surface area contributed by atoms with Gasteiger partial charge in [0.15, 0.2) is 0 Å². The van der Waals surface area contributed by atoms with Gasteiger partial charge in [-0.15, -0.1) is 11.8 Å². The van der Waals surface area contributed by atoms with Crippen molar-refractivity contribution in [2.45, 2.75) is 25.3 Å². The number of morpholine rings is 1. The second kappa shape index (κ2) is 9.29. The zero-order valence-corrected chi connectivity index (χ0v) is 17.2. The van der Waals surface area contributed by atoms with Gasteiger partial charge in [-0.05, 0) is 43.2 Å². The topological polar surface area (TPSA) is 32.8 Å². The molecule has 0 spiro atoms. The molecular weight excluding hydrogens is 356 g/mol. The first-order valence-electron chi connectivity index (χ1n) is 9.38. The van der Waals surface area contributed by atoms with Gasteiger partial charge in [-0.3, -0.25) is 4.79 Å². The average Bonchev–Trinajstić information content (AvgIpc) is 2.69. The summed E-state index contributed by atoms with van der Waals surface area (Å²) in [5.74, 6) is 0.616. The van der Waals surface area contributed by atoms with E-state index < -0.39 is 0 Å². The van der Waals surface area contributed by atoms with Gasteiger partial charge in [0.2, 0.25) is 5.91 Å². The maximum absolute atomic E-state index is 12.5. The van der Waals surface area contributed by atoms with Crippen molar-refractivity contribution in [3.8, 4) is 0 Å². The first kappa shape index (κ1) is 19.8. The van der Waals surface area contributed by atoms with Crippen LogP contribution in [0.5, 0.6) is 0 Å². The second-order valence-electron chi connectivity index (χ2n) is 7.07. The standard InChI is InChI=1S/C22H28N2O2S/c1-17-4-5-18(2)21(14-17)27-16-22(25)23(3)15-19-6-8-20(9-7-19)24-10-12-26-13-11-24/h4-9,14H,10-13,15-16H2,1-3H3. The maximum Gasteiger partial charge on any atom is 0.232 e. The fourth-order valence-corrected chi connectivity index (χ4v) is 4.17. The molecule has 0 saturated carbocycles. The lowest BCUT2D eigenvalue weighted by Gasteiger charge is -2.29. The molecule has 144 valence electrons. The molecule has 1 saturated heterocycles. The summed E-state index contributed by atoms with van der Waals surface area (Å²) in [6.07, 6.45) is 0. The summed E-state index contributed by atoms with van der Waals surface area (Å²) in [4.78, 5) is 17.8. The van der Waals surface area contributed by atoms with E-state index in [0.29, 0.717) is 12.3 Å². The molecule has 0 aliphatic carbocycles. The van der Waals surface area contributed by atoms with Gasteiger partial charge >= 0.3 is 0 Å². The van der Waals surface area contributed by atoms with Gasteiger partial charge in [-0.25, -0.2) is 0 Å². The number of rotatable bonds is 6. The molecule has 5 heteroatoms. The van der Waals surface area contributed by atoms with E-state index in [0.717, 1.165) is 31.9 Å². The van der Waals surface area contributed by atoms with Gasteiger partial charge in [0.1, 0.15) is 0 Å². The first-order chi connectivity index (χ1) is 13.0. The number of carbonyl (C=O) groups is 1. The molecule has 4 nitrogen and oxygen atoms in total. The minimum Gasteiger partial charge on any atom is -0.378 e. The van der Waals surface area contributed by atoms with Crippen LogP contribution in [0.25, 0.3) is 0 Å². The third-order valence-electron chi connectivity index (χ3n) is 4.85. The van der Waals surface area contributed by atoms with Crippen LogP contribution < -0.4 is 4.90 Å². The Kier molecular flexibility index (Phi) is 6.80. The Morgan fingerprint density at radius 3 is 2.52 bits per heavy atom. The van der Waals surface area contributed by atoms with E-state index in [1.807, 2.05) is 11.9 Å². The van der Waals surface area contributed by atoms with Crippen LogP contribution in [-0.4, -0.2) is 49.9 Å². The van der Waals surface area contributed by atoms with Crippen molar-refractivity contribution >= 4 is 23.4 Å². The van der Waals surface area contributed by atoms with Crippen LogP contribution in [0.4, 0.5) is 5.69 Å². The molecule has 1 fully saturated rings. The largest absolute Gasteiger partial charge is 0.378 e. The van der Waals surface area contributed by atoms with Gasteiger partial charge in [0, 0.05) is 37.3 Å². The van der Waals surface area contributed by atoms with Crippen molar-refractivity contribution in [3.05, 3.63) is 59.2 Å². The molecule has 0 bridgehead atoms. The molecule has 1 heterocycles. The molecule has 0 N–H and O–H groups in total. The Balaban J connectivity index is 1.52. The smallest absolute Gasteiger partial charge is 0.232 e. The highest BCUT2D eigenvalue weighted by atomic mass is 32.2. The summed E-state index contributed by atoms with van der Waals surface area (Å²) in [7, 11) is 1.88. The van der Waals surface area contributed by atoms with E-state index in [1.165, 1.54) is 21.7 Å². The molecule has 0 unspecified atom stereocenters. The number of hydrogen-bond acceptors (Lipinski definition) is 4. The van der Waals surface area contributed by atoms with Gasteiger partial charge < -0.3 is 14.5 Å². The highest BCUT2D eigenvalue weighted by Crippen LogP contribution is 2.24. The summed E-state index contributed by atoms with van der Waals surface area (Å²) in [6.45, 7) is 8.26. The van der Waals surface area contributed by atoms with E-state index in [1.54, 1.807) is 11.8 Å². The van der Waals surface area contributed by atoms with Crippen molar-refractivity contribution < 1.29 is 9.53 Å². The number of ether oxygens (including phenoxy) is 1. The van der Waals surface area contributed by atoms with Gasteiger partial charge in [-0.2, -0.15) is 0 Å². The van der Waals surface area contributed by atoms with Gasteiger partial charge in [0.05, 0.1) is 19.0 Å². The summed E-state index contributed by atoms with van der Waals surface area (Å²) in [6, 6.07) is 14.9. The minimum absolute atomic E-state index is 0.151. The van der Waals surface area contributed by atoms with E-state index in [-0.39, 0.29) is 5.91 Å². The molecule has 2 aromatic carbocycles. The Hall–Kier alpha value is -1.98. The number of nitrogens with zero attached hydrogens (tertiary/aromatic N) is 2. The Morgan fingerprint density at radius 1 is 1.11 bits per heavy atom. The summed E-state index contributed by atoms with van der Waals surface area (Å²) < 4.78 is 5.40. The molecule has 1 aliphatic rings. The predicted molar refractivity (Wildman–Crippen MR) is 113 cm³/mol. The van der Waals surface area contributed by atoms with Crippen molar-refractivity contribution in [1.82, 2.24) is 4.90 Å². The van der Waals surface area contributed by atoms with E-state index in [4.69, 9.17) is 4.74 Å². The van der Waals surface area contributed by atoms with Crippen LogP contribution in [-0.2, 0) is 16.1 Å². The summed E-state index contributed by atoms with van der Waals surface area (Å²) in [5.41, 5.74) is 4.82. The SMILES string of the molecule is Cc1ccc(C)c(SCC(=O)N(C)Cc2ccc(N3CCOCC3)cc2)c1. The molecule has 27 heavy (non-hydrogen) atoms. The summed E-state index contributed by atoms with van der Waals surface area (Å²) >= 11 is 1.62.